The molecule has 0 aromatic carbocycles. The number of unbranched alkanes of at least 4 members (excludes halogenated alkanes) is 12. The molecule has 1 atom stereocenters. The number of allylic oxidation sites excluding steroid dienone is 1. The largest absolute Gasteiger partial charge is 2.00 e. The molecule has 0 spiro atoms. The van der Waals surface area contributed by atoms with Crippen molar-refractivity contribution in [1.29, 1.82) is 0 Å². The van der Waals surface area contributed by atoms with Crippen molar-refractivity contribution in [3.05, 3.63) is 12.2 Å². The molecule has 0 aromatic rings. The summed E-state index contributed by atoms with van der Waals surface area (Å²) in [6, 6.07) is 0. The van der Waals surface area contributed by atoms with Crippen molar-refractivity contribution >= 4 is 35.0 Å². The average Bonchev–Trinajstić information content (AvgIpc) is 2.53. The minimum absolute atomic E-state index is 0. The van der Waals surface area contributed by atoms with E-state index < -0.39 is 24.3 Å². The van der Waals surface area contributed by atoms with Crippen molar-refractivity contribution < 1.29 is 19.8 Å². The zero-order valence-corrected chi connectivity index (χ0v) is 17.4. The van der Waals surface area contributed by atoms with Crippen LogP contribution in [-0.4, -0.2) is 35.0 Å². The van der Waals surface area contributed by atoms with E-state index in [1.165, 1.54) is 70.3 Å². The van der Waals surface area contributed by atoms with Crippen LogP contribution in [0.25, 0.3) is 0 Å². The molecular weight excluding hydrogens is 329 g/mol. The van der Waals surface area contributed by atoms with Crippen molar-refractivity contribution in [3.8, 4) is 0 Å². The molecule has 0 rings (SSSR count). The molecule has 0 saturated carbocycles. The van der Waals surface area contributed by atoms with E-state index >= 15 is 0 Å². The van der Waals surface area contributed by atoms with Gasteiger partial charge in [-0.2, -0.15) is 0 Å². The van der Waals surface area contributed by atoms with E-state index in [4.69, 9.17) is 0 Å². The number of hydrogen-bond donors (Lipinski definition) is 0. The first-order chi connectivity index (χ1) is 11.6. The van der Waals surface area contributed by atoms with Gasteiger partial charge >= 0.3 is 23.1 Å². The zero-order valence-electron chi connectivity index (χ0n) is 16.0. The number of carbonyl (C=O) groups excluding carboxylic acids is 2. The molecule has 0 aliphatic heterocycles. The van der Waals surface area contributed by atoms with E-state index in [9.17, 15) is 19.8 Å². The molecule has 0 bridgehead atoms. The van der Waals surface area contributed by atoms with Gasteiger partial charge in [-0.3, -0.25) is 0 Å². The molecule has 0 saturated heterocycles. The number of rotatable bonds is 17. The molecule has 0 heterocycles. The quantitative estimate of drug-likeness (QED) is 0.226. The van der Waals surface area contributed by atoms with Crippen LogP contribution in [0.4, 0.5) is 0 Å². The Labute approximate surface area is 169 Å². The number of carboxylic acids is 2. The Balaban J connectivity index is 0. The summed E-state index contributed by atoms with van der Waals surface area (Å²) >= 11 is 0. The van der Waals surface area contributed by atoms with Crippen LogP contribution in [0, 0.1) is 5.92 Å². The molecule has 0 aliphatic carbocycles. The SMILES string of the molecule is CCCCCCCCCCCCCCC=CC(CC(=O)[O-])C(=O)[O-].[Mg+2]. The van der Waals surface area contributed by atoms with E-state index in [0.29, 0.717) is 0 Å². The number of carboxylic acid groups (broad SMARTS) is 2. The number of carbonyl (C=O) groups is 2. The Morgan fingerprint density at radius 1 is 0.800 bits per heavy atom. The third kappa shape index (κ3) is 19.6. The molecule has 0 radical (unpaired) electrons. The van der Waals surface area contributed by atoms with Crippen molar-refractivity contribution in [1.82, 2.24) is 0 Å². The Hall–Kier alpha value is -0.554. The normalized spacial score (nSPS) is 12.0. The van der Waals surface area contributed by atoms with Crippen LogP contribution >= 0.6 is 0 Å². The Morgan fingerprint density at radius 3 is 1.64 bits per heavy atom. The van der Waals surface area contributed by atoms with E-state index in [2.05, 4.69) is 6.92 Å². The maximum Gasteiger partial charge on any atom is 2.00 e. The van der Waals surface area contributed by atoms with E-state index in [1.807, 2.05) is 0 Å². The van der Waals surface area contributed by atoms with Gasteiger partial charge in [0.2, 0.25) is 0 Å². The van der Waals surface area contributed by atoms with Crippen molar-refractivity contribution in [2.45, 2.75) is 96.8 Å². The first-order valence-electron chi connectivity index (χ1n) is 9.65. The van der Waals surface area contributed by atoms with Gasteiger partial charge in [-0.1, -0.05) is 89.7 Å². The second-order valence-electron chi connectivity index (χ2n) is 6.61. The predicted molar refractivity (Wildman–Crippen MR) is 98.7 cm³/mol. The van der Waals surface area contributed by atoms with Crippen LogP contribution < -0.4 is 10.2 Å². The third-order valence-corrected chi connectivity index (χ3v) is 4.28. The summed E-state index contributed by atoms with van der Waals surface area (Å²) in [4.78, 5) is 21.2. The molecule has 0 aromatic heterocycles. The number of aliphatic carboxylic acids is 2. The van der Waals surface area contributed by atoms with Gasteiger partial charge in [0.25, 0.3) is 0 Å². The zero-order chi connectivity index (χ0) is 18.0. The maximum absolute atomic E-state index is 10.7. The summed E-state index contributed by atoms with van der Waals surface area (Å²) in [7, 11) is 0. The Morgan fingerprint density at radius 2 is 1.24 bits per heavy atom. The fourth-order valence-electron chi connectivity index (χ4n) is 2.77. The van der Waals surface area contributed by atoms with Crippen molar-refractivity contribution in [3.63, 3.8) is 0 Å². The van der Waals surface area contributed by atoms with Crippen LogP contribution in [0.1, 0.15) is 96.8 Å². The molecule has 4 nitrogen and oxygen atoms in total. The maximum atomic E-state index is 10.7. The summed E-state index contributed by atoms with van der Waals surface area (Å²) in [5.41, 5.74) is 0. The first-order valence-corrected chi connectivity index (χ1v) is 9.65. The van der Waals surface area contributed by atoms with E-state index in [0.717, 1.165) is 19.3 Å². The summed E-state index contributed by atoms with van der Waals surface area (Å²) in [5.74, 6) is -3.79. The van der Waals surface area contributed by atoms with E-state index in [-0.39, 0.29) is 23.1 Å². The smallest absolute Gasteiger partial charge is 0.550 e. The molecule has 140 valence electrons. The molecule has 0 amide bonds. The molecule has 25 heavy (non-hydrogen) atoms. The fourth-order valence-corrected chi connectivity index (χ4v) is 2.77. The summed E-state index contributed by atoms with van der Waals surface area (Å²) in [5, 5.41) is 21.2. The first kappa shape index (κ1) is 26.7. The standard InChI is InChI=1S/C20H36O4.Mg/c1-2-3-4-5-6-7-8-9-10-11-12-13-14-15-16-18(20(23)24)17-19(21)22;/h15-16,18H,2-14,17H2,1H3,(H,21,22)(H,23,24);/q;+2/p-2. The molecule has 0 fully saturated rings. The average molecular weight is 363 g/mol. The molecular formula is C20H34MgO4. The van der Waals surface area contributed by atoms with Gasteiger partial charge in [-0.15, -0.1) is 0 Å². The van der Waals surface area contributed by atoms with Crippen LogP contribution in [0.15, 0.2) is 12.2 Å². The van der Waals surface area contributed by atoms with Crippen molar-refractivity contribution in [2.75, 3.05) is 0 Å². The van der Waals surface area contributed by atoms with Gasteiger partial charge in [0.15, 0.2) is 0 Å². The van der Waals surface area contributed by atoms with E-state index in [1.54, 1.807) is 6.08 Å². The van der Waals surface area contributed by atoms with Crippen LogP contribution in [0.5, 0.6) is 0 Å². The van der Waals surface area contributed by atoms with Crippen LogP contribution in [-0.2, 0) is 9.59 Å². The van der Waals surface area contributed by atoms with Gasteiger partial charge in [0.1, 0.15) is 0 Å². The summed E-state index contributed by atoms with van der Waals surface area (Å²) in [6.45, 7) is 2.24. The minimum Gasteiger partial charge on any atom is -0.550 e. The minimum atomic E-state index is -1.36. The number of hydrogen-bond acceptors (Lipinski definition) is 4. The summed E-state index contributed by atoms with van der Waals surface area (Å²) < 4.78 is 0. The molecule has 1 unspecified atom stereocenters. The molecule has 0 aliphatic rings. The molecule has 0 N–H and O–H groups in total. The van der Waals surface area contributed by atoms with Gasteiger partial charge in [0, 0.05) is 17.9 Å². The fraction of sp³-hybridized carbons (Fsp3) is 0.800. The third-order valence-electron chi connectivity index (χ3n) is 4.28. The second-order valence-corrected chi connectivity index (χ2v) is 6.61. The van der Waals surface area contributed by atoms with Crippen LogP contribution in [0.3, 0.4) is 0 Å². The Kier molecular flexibility index (Phi) is 21.1. The van der Waals surface area contributed by atoms with Gasteiger partial charge in [-0.05, 0) is 19.3 Å². The summed E-state index contributed by atoms with van der Waals surface area (Å²) in [6.07, 6.45) is 18.9. The monoisotopic (exact) mass is 362 g/mol. The van der Waals surface area contributed by atoms with Crippen molar-refractivity contribution in [2.24, 2.45) is 5.92 Å². The Bertz CT molecular complexity index is 356. The second kappa shape index (κ2) is 19.8. The van der Waals surface area contributed by atoms with Gasteiger partial charge in [0.05, 0.1) is 0 Å². The van der Waals surface area contributed by atoms with Crippen LogP contribution in [0.2, 0.25) is 0 Å². The molecule has 5 heteroatoms. The van der Waals surface area contributed by atoms with Gasteiger partial charge in [-0.25, -0.2) is 0 Å². The topological polar surface area (TPSA) is 80.3 Å². The predicted octanol–water partition coefficient (Wildman–Crippen LogP) is 2.76. The van der Waals surface area contributed by atoms with Gasteiger partial charge < -0.3 is 19.8 Å².